The van der Waals surface area contributed by atoms with Gasteiger partial charge in [-0.3, -0.25) is 14.4 Å². The summed E-state index contributed by atoms with van der Waals surface area (Å²) in [6.45, 7) is 3.06. The zero-order chi connectivity index (χ0) is 25.8. The average molecular weight is 504 g/mol. The number of nitrogens with zero attached hydrogens (tertiary/aromatic N) is 3. The van der Waals surface area contributed by atoms with Crippen LogP contribution in [0.4, 0.5) is 0 Å². The molecule has 0 aliphatic carbocycles. The van der Waals surface area contributed by atoms with Crippen molar-refractivity contribution in [3.05, 3.63) is 77.9 Å². The maximum absolute atomic E-state index is 13.3. The summed E-state index contributed by atoms with van der Waals surface area (Å²) >= 11 is 0. The number of likely N-dealkylation sites (tertiary alicyclic amines) is 1. The Bertz CT molecular complexity index is 1270. The van der Waals surface area contributed by atoms with Crippen LogP contribution in [0.3, 0.4) is 0 Å². The quantitative estimate of drug-likeness (QED) is 0.550. The third-order valence-electron chi connectivity index (χ3n) is 6.61. The van der Waals surface area contributed by atoms with E-state index in [4.69, 9.17) is 9.47 Å². The standard InChI is InChI=1S/C27H29N5O5/c1-18-2-5-20-12-24(18)36-16-25(33)29-13-19-3-6-21(7-4-19)37-23-8-10-32(14-22(23)30-27(20)35)26(34)15-31-11-9-28-17-31/h2-7,9,11-12,17,22-23H,8,10,13-16H2,1H3,(H,29,33)(H,30,35)/t22-,23-/m0/s1. The third kappa shape index (κ3) is 5.91. The first-order chi connectivity index (χ1) is 17.9. The maximum atomic E-state index is 13.3. The van der Waals surface area contributed by atoms with E-state index in [2.05, 4.69) is 15.6 Å². The minimum Gasteiger partial charge on any atom is -0.488 e. The summed E-state index contributed by atoms with van der Waals surface area (Å²) in [6, 6.07) is 12.2. The smallest absolute Gasteiger partial charge is 0.258 e. The Labute approximate surface area is 214 Å². The summed E-state index contributed by atoms with van der Waals surface area (Å²) in [5.74, 6) is 0.496. The highest BCUT2D eigenvalue weighted by atomic mass is 16.5. The first kappa shape index (κ1) is 24.4. The fourth-order valence-electron chi connectivity index (χ4n) is 4.48. The third-order valence-corrected chi connectivity index (χ3v) is 6.61. The number of rotatable bonds is 2. The molecule has 0 radical (unpaired) electrons. The Morgan fingerprint density at radius 1 is 1.16 bits per heavy atom. The van der Waals surface area contributed by atoms with Gasteiger partial charge in [0.1, 0.15) is 24.1 Å². The Morgan fingerprint density at radius 3 is 2.78 bits per heavy atom. The summed E-state index contributed by atoms with van der Waals surface area (Å²) in [5, 5.41) is 5.91. The molecule has 1 fully saturated rings. The highest BCUT2D eigenvalue weighted by Gasteiger charge is 2.34. The van der Waals surface area contributed by atoms with Gasteiger partial charge in [-0.25, -0.2) is 4.98 Å². The molecule has 0 saturated carbocycles. The number of carbonyl (C=O) groups is 3. The van der Waals surface area contributed by atoms with Crippen molar-refractivity contribution in [3.8, 4) is 11.5 Å². The second kappa shape index (κ2) is 10.7. The molecule has 10 heteroatoms. The van der Waals surface area contributed by atoms with Crippen molar-refractivity contribution in [1.29, 1.82) is 0 Å². The minimum atomic E-state index is -0.433. The van der Waals surface area contributed by atoms with Crippen LogP contribution in [-0.4, -0.2) is 64.0 Å². The van der Waals surface area contributed by atoms with E-state index in [1.165, 1.54) is 0 Å². The fourth-order valence-corrected chi connectivity index (χ4v) is 4.48. The van der Waals surface area contributed by atoms with Crippen LogP contribution < -0.4 is 20.1 Å². The lowest BCUT2D eigenvalue weighted by atomic mass is 10.0. The lowest BCUT2D eigenvalue weighted by Gasteiger charge is -2.39. The van der Waals surface area contributed by atoms with Crippen molar-refractivity contribution < 1.29 is 23.9 Å². The Hall–Kier alpha value is -4.34. The summed E-state index contributed by atoms with van der Waals surface area (Å²) in [5.41, 5.74) is 2.13. The van der Waals surface area contributed by atoms with Crippen molar-refractivity contribution >= 4 is 17.7 Å². The predicted molar refractivity (Wildman–Crippen MR) is 134 cm³/mol. The number of aromatic nitrogens is 2. The molecule has 3 aromatic rings. The lowest BCUT2D eigenvalue weighted by Crippen LogP contribution is -2.58. The number of hydrogen-bond acceptors (Lipinski definition) is 6. The highest BCUT2D eigenvalue weighted by molar-refractivity contribution is 5.95. The van der Waals surface area contributed by atoms with Gasteiger partial charge < -0.3 is 29.6 Å². The second-order valence-electron chi connectivity index (χ2n) is 9.29. The summed E-state index contributed by atoms with van der Waals surface area (Å²) in [6.07, 6.45) is 5.21. The minimum absolute atomic E-state index is 0.0540. The topological polar surface area (TPSA) is 115 Å². The van der Waals surface area contributed by atoms with Gasteiger partial charge in [0.2, 0.25) is 5.91 Å². The molecule has 2 atom stereocenters. The van der Waals surface area contributed by atoms with Gasteiger partial charge >= 0.3 is 0 Å². The maximum Gasteiger partial charge on any atom is 0.258 e. The van der Waals surface area contributed by atoms with E-state index < -0.39 is 6.04 Å². The number of aryl methyl sites for hydroxylation is 1. The van der Waals surface area contributed by atoms with Gasteiger partial charge in [-0.2, -0.15) is 0 Å². The number of imidazole rings is 1. The van der Waals surface area contributed by atoms with Crippen LogP contribution >= 0.6 is 0 Å². The zero-order valence-corrected chi connectivity index (χ0v) is 20.6. The van der Waals surface area contributed by atoms with E-state index >= 15 is 0 Å². The molecule has 37 heavy (non-hydrogen) atoms. The van der Waals surface area contributed by atoms with Crippen LogP contribution in [0.15, 0.2) is 61.2 Å². The van der Waals surface area contributed by atoms with E-state index in [1.807, 2.05) is 31.2 Å². The van der Waals surface area contributed by atoms with E-state index in [-0.39, 0.29) is 37.0 Å². The summed E-state index contributed by atoms with van der Waals surface area (Å²) in [4.78, 5) is 44.3. The van der Waals surface area contributed by atoms with E-state index in [0.29, 0.717) is 43.1 Å². The lowest BCUT2D eigenvalue weighted by molar-refractivity contribution is -0.134. The molecule has 3 amide bonds. The van der Waals surface area contributed by atoms with Crippen LogP contribution in [0.25, 0.3) is 0 Å². The number of carbonyl (C=O) groups excluding carboxylic acids is 3. The normalized spacial score (nSPS) is 20.1. The van der Waals surface area contributed by atoms with Crippen LogP contribution in [0.2, 0.25) is 0 Å². The molecule has 6 rings (SSSR count). The number of hydrogen-bond donors (Lipinski definition) is 2. The van der Waals surface area contributed by atoms with E-state index in [9.17, 15) is 14.4 Å². The van der Waals surface area contributed by atoms with Gasteiger partial charge in [0.05, 0.1) is 12.4 Å². The van der Waals surface area contributed by atoms with Crippen LogP contribution in [0, 0.1) is 6.92 Å². The van der Waals surface area contributed by atoms with Crippen molar-refractivity contribution in [1.82, 2.24) is 25.1 Å². The largest absolute Gasteiger partial charge is 0.488 e. The Balaban J connectivity index is 1.40. The first-order valence-corrected chi connectivity index (χ1v) is 12.2. The Kier molecular flexibility index (Phi) is 7.07. The number of fused-ring (bicyclic) bond motifs is 7. The molecule has 4 heterocycles. The van der Waals surface area contributed by atoms with Gasteiger partial charge in [0, 0.05) is 44.0 Å². The monoisotopic (exact) mass is 503 g/mol. The van der Waals surface area contributed by atoms with E-state index in [0.717, 1.165) is 11.1 Å². The number of nitrogens with one attached hydrogen (secondary N) is 2. The summed E-state index contributed by atoms with van der Waals surface area (Å²) < 4.78 is 13.7. The highest BCUT2D eigenvalue weighted by Crippen LogP contribution is 2.23. The number of ether oxygens (including phenoxy) is 2. The van der Waals surface area contributed by atoms with Crippen LogP contribution in [0.5, 0.6) is 11.5 Å². The first-order valence-electron chi connectivity index (χ1n) is 12.2. The molecular formula is C27H29N5O5. The SMILES string of the molecule is Cc1ccc2cc1OCC(=O)NCc1ccc(cc1)O[C@H]1CCN(C(=O)Cn3ccnc3)C[C@@H]1NC2=O. The molecule has 1 saturated heterocycles. The van der Waals surface area contributed by atoms with E-state index in [1.54, 1.807) is 46.4 Å². The Morgan fingerprint density at radius 2 is 2.00 bits per heavy atom. The van der Waals surface area contributed by atoms with Gasteiger partial charge in [-0.15, -0.1) is 0 Å². The van der Waals surface area contributed by atoms with Crippen LogP contribution in [0.1, 0.15) is 27.9 Å². The summed E-state index contributed by atoms with van der Waals surface area (Å²) in [7, 11) is 0. The van der Waals surface area contributed by atoms with Crippen molar-refractivity contribution in [2.45, 2.75) is 38.6 Å². The van der Waals surface area contributed by atoms with Crippen molar-refractivity contribution in [2.75, 3.05) is 19.7 Å². The van der Waals surface area contributed by atoms with Gasteiger partial charge in [-0.1, -0.05) is 18.2 Å². The number of piperidine rings is 1. The van der Waals surface area contributed by atoms with Gasteiger partial charge in [-0.05, 0) is 42.3 Å². The second-order valence-corrected chi connectivity index (χ2v) is 9.29. The molecule has 3 aliphatic rings. The molecule has 0 unspecified atom stereocenters. The molecule has 3 aliphatic heterocycles. The fraction of sp³-hybridized carbons (Fsp3) is 0.333. The molecular weight excluding hydrogens is 474 g/mol. The molecule has 10 nitrogen and oxygen atoms in total. The van der Waals surface area contributed by atoms with Gasteiger partial charge in [0.15, 0.2) is 6.61 Å². The number of benzene rings is 2. The average Bonchev–Trinajstić information content (AvgIpc) is 3.41. The molecule has 0 spiro atoms. The zero-order valence-electron chi connectivity index (χ0n) is 20.6. The predicted octanol–water partition coefficient (Wildman–Crippen LogP) is 1.68. The van der Waals surface area contributed by atoms with Crippen LogP contribution in [-0.2, 0) is 22.7 Å². The van der Waals surface area contributed by atoms with Crippen molar-refractivity contribution in [2.24, 2.45) is 0 Å². The van der Waals surface area contributed by atoms with Gasteiger partial charge in [0.25, 0.3) is 11.8 Å². The molecule has 2 aromatic carbocycles. The van der Waals surface area contributed by atoms with Crippen molar-refractivity contribution in [3.63, 3.8) is 0 Å². The molecule has 192 valence electrons. The number of amides is 3. The molecule has 4 bridgehead atoms. The molecule has 2 N–H and O–H groups in total. The molecule has 1 aromatic heterocycles.